The summed E-state index contributed by atoms with van der Waals surface area (Å²) in [4.78, 5) is 23.6. The van der Waals surface area contributed by atoms with Gasteiger partial charge in [-0.25, -0.2) is 4.98 Å². The number of pyridine rings is 2. The molecule has 1 fully saturated rings. The molecular formula is C28H32ClN7OS. The monoisotopic (exact) mass is 549 g/mol. The summed E-state index contributed by atoms with van der Waals surface area (Å²) in [6, 6.07) is 12.5. The summed E-state index contributed by atoms with van der Waals surface area (Å²) in [6.07, 6.45) is 10.5. The zero-order chi connectivity index (χ0) is 26.5. The summed E-state index contributed by atoms with van der Waals surface area (Å²) in [5.41, 5.74) is 11.2. The molecule has 2 aromatic heterocycles. The van der Waals surface area contributed by atoms with Crippen molar-refractivity contribution in [3.8, 4) is 0 Å². The van der Waals surface area contributed by atoms with E-state index in [0.717, 1.165) is 31.4 Å². The minimum atomic E-state index is -0.184. The Morgan fingerprint density at radius 1 is 1.16 bits per heavy atom. The molecule has 1 aromatic carbocycles. The second-order valence-corrected chi connectivity index (χ2v) is 10.6. The van der Waals surface area contributed by atoms with Crippen molar-refractivity contribution in [2.24, 2.45) is 0 Å². The number of benzene rings is 1. The lowest BCUT2D eigenvalue weighted by molar-refractivity contribution is 0.0950. The van der Waals surface area contributed by atoms with Crippen LogP contribution in [0.15, 0.2) is 55.0 Å². The molecule has 0 spiro atoms. The van der Waals surface area contributed by atoms with Crippen LogP contribution in [0.4, 0.5) is 5.82 Å². The van der Waals surface area contributed by atoms with Crippen LogP contribution in [0, 0.1) is 0 Å². The van der Waals surface area contributed by atoms with E-state index in [9.17, 15) is 4.79 Å². The average Bonchev–Trinajstić information content (AvgIpc) is 3.27. The molecule has 0 bridgehead atoms. The third-order valence-electron chi connectivity index (χ3n) is 7.39. The molecule has 2 aliphatic rings. The smallest absolute Gasteiger partial charge is 0.252 e. The number of carbonyl (C=O) groups excluding carboxylic acids is 1. The molecule has 0 radical (unpaired) electrons. The van der Waals surface area contributed by atoms with Gasteiger partial charge in [0.25, 0.3) is 5.91 Å². The number of amides is 1. The average molecular weight is 550 g/mol. The molecule has 1 saturated heterocycles. The maximum Gasteiger partial charge on any atom is 0.252 e. The summed E-state index contributed by atoms with van der Waals surface area (Å²) in [5.74, 6) is 0.194. The Bertz CT molecular complexity index is 1270. The largest absolute Gasteiger partial charge is 0.352 e. The Kier molecular flexibility index (Phi) is 8.36. The number of anilines is 1. The van der Waals surface area contributed by atoms with Gasteiger partial charge in [-0.3, -0.25) is 20.6 Å². The quantitative estimate of drug-likeness (QED) is 0.259. The van der Waals surface area contributed by atoms with Gasteiger partial charge in [0.05, 0.1) is 16.6 Å². The molecule has 1 amide bonds. The second kappa shape index (κ2) is 12.1. The van der Waals surface area contributed by atoms with Crippen LogP contribution in [-0.2, 0) is 12.8 Å². The number of halogens is 1. The maximum atomic E-state index is 12.6. The van der Waals surface area contributed by atoms with Gasteiger partial charge in [-0.15, -0.1) is 0 Å². The summed E-state index contributed by atoms with van der Waals surface area (Å²) in [6.45, 7) is 1.74. The van der Waals surface area contributed by atoms with Gasteiger partial charge in [-0.1, -0.05) is 35.9 Å². The molecule has 1 aliphatic heterocycles. The highest BCUT2D eigenvalue weighted by atomic mass is 35.5. The van der Waals surface area contributed by atoms with E-state index in [-0.39, 0.29) is 11.9 Å². The van der Waals surface area contributed by atoms with E-state index in [1.54, 1.807) is 6.07 Å². The number of rotatable bonds is 7. The Morgan fingerprint density at radius 3 is 2.76 bits per heavy atom. The fraction of sp³-hybridized carbons (Fsp3) is 0.357. The highest BCUT2D eigenvalue weighted by molar-refractivity contribution is 7.80. The Balaban J connectivity index is 1.19. The fourth-order valence-electron chi connectivity index (χ4n) is 5.29. The van der Waals surface area contributed by atoms with Gasteiger partial charge in [0, 0.05) is 36.7 Å². The van der Waals surface area contributed by atoms with Crippen molar-refractivity contribution in [1.29, 1.82) is 0 Å². The maximum absolute atomic E-state index is 12.6. The van der Waals surface area contributed by atoms with E-state index in [2.05, 4.69) is 67.7 Å². The summed E-state index contributed by atoms with van der Waals surface area (Å²) in [7, 11) is 2.13. The van der Waals surface area contributed by atoms with Gasteiger partial charge in [0.15, 0.2) is 10.9 Å². The van der Waals surface area contributed by atoms with Crippen LogP contribution in [0.25, 0.3) is 0 Å². The molecule has 5 rings (SSSR count). The van der Waals surface area contributed by atoms with Crippen LogP contribution in [0.3, 0.4) is 0 Å². The van der Waals surface area contributed by atoms with Gasteiger partial charge < -0.3 is 15.5 Å². The molecule has 2 unspecified atom stereocenters. The van der Waals surface area contributed by atoms with Gasteiger partial charge >= 0.3 is 0 Å². The lowest BCUT2D eigenvalue weighted by Gasteiger charge is -2.23. The van der Waals surface area contributed by atoms with E-state index >= 15 is 0 Å². The summed E-state index contributed by atoms with van der Waals surface area (Å²) >= 11 is 12.0. The standard InChI is InChI=1S/C28H32ClN7OS/c1-36-14-4-6-21(36)11-13-31-27(37)20-15-24(29)26(32-16-20)34-35-28(38)33-25-22-7-3-2-5-18(22)8-9-19-10-12-30-17-23(19)25/h2-3,5,7,10,12,15-17,21,25H,4,6,8-9,11,13-14H2,1H3,(H,31,37)(H,32,34)(H2,33,35,38). The molecule has 10 heteroatoms. The number of hydrogen-bond acceptors (Lipinski definition) is 6. The minimum absolute atomic E-state index is 0.141. The van der Waals surface area contributed by atoms with Gasteiger partial charge in [0.2, 0.25) is 0 Å². The topological polar surface area (TPSA) is 94.2 Å². The number of nitrogens with zero attached hydrogens (tertiary/aromatic N) is 3. The SMILES string of the molecule is CN1CCCC1CCNC(=O)c1cnc(NNC(=S)NC2c3ccccc3CCc3ccncc32)c(Cl)c1. The third kappa shape index (κ3) is 6.06. The number of aromatic nitrogens is 2. The first-order valence-corrected chi connectivity index (χ1v) is 13.8. The number of thiocarbonyl (C=S) groups is 1. The molecule has 8 nitrogen and oxygen atoms in total. The molecule has 38 heavy (non-hydrogen) atoms. The van der Waals surface area contributed by atoms with Gasteiger partial charge in [0.1, 0.15) is 0 Å². The molecule has 2 atom stereocenters. The normalized spacial score (nSPS) is 18.6. The molecule has 198 valence electrons. The van der Waals surface area contributed by atoms with Gasteiger partial charge in [-0.2, -0.15) is 0 Å². The minimum Gasteiger partial charge on any atom is -0.352 e. The first kappa shape index (κ1) is 26.3. The number of nitrogens with one attached hydrogen (secondary N) is 4. The van der Waals surface area contributed by atoms with Crippen LogP contribution >= 0.6 is 23.8 Å². The van der Waals surface area contributed by atoms with Crippen LogP contribution in [0.1, 0.15) is 57.9 Å². The molecular weight excluding hydrogens is 518 g/mol. The second-order valence-electron chi connectivity index (χ2n) is 9.81. The van der Waals surface area contributed by atoms with E-state index < -0.39 is 0 Å². The van der Waals surface area contributed by atoms with Crippen LogP contribution in [0.5, 0.6) is 0 Å². The predicted octanol–water partition coefficient (Wildman–Crippen LogP) is 4.02. The molecule has 4 N–H and O–H groups in total. The van der Waals surface area contributed by atoms with Crippen molar-refractivity contribution in [3.05, 3.63) is 87.8 Å². The lowest BCUT2D eigenvalue weighted by atomic mass is 9.96. The molecule has 1 aliphatic carbocycles. The highest BCUT2D eigenvalue weighted by Gasteiger charge is 2.24. The Hall–Kier alpha value is -3.27. The van der Waals surface area contributed by atoms with E-state index in [1.165, 1.54) is 35.7 Å². The van der Waals surface area contributed by atoms with Crippen molar-refractivity contribution >= 4 is 40.7 Å². The van der Waals surface area contributed by atoms with Crippen molar-refractivity contribution in [2.45, 2.75) is 44.2 Å². The number of likely N-dealkylation sites (tertiary alicyclic amines) is 1. The van der Waals surface area contributed by atoms with Crippen molar-refractivity contribution in [3.63, 3.8) is 0 Å². The van der Waals surface area contributed by atoms with Crippen molar-refractivity contribution in [2.75, 3.05) is 25.6 Å². The molecule has 3 aromatic rings. The van der Waals surface area contributed by atoms with E-state index in [0.29, 0.717) is 34.1 Å². The predicted molar refractivity (Wildman–Crippen MR) is 154 cm³/mol. The molecule has 3 heterocycles. The van der Waals surface area contributed by atoms with Crippen LogP contribution in [0.2, 0.25) is 5.02 Å². The first-order valence-electron chi connectivity index (χ1n) is 13.0. The zero-order valence-electron chi connectivity index (χ0n) is 21.3. The lowest BCUT2D eigenvalue weighted by Crippen LogP contribution is -2.41. The van der Waals surface area contributed by atoms with Crippen LogP contribution < -0.4 is 21.5 Å². The fourth-order valence-corrected chi connectivity index (χ4v) is 5.68. The van der Waals surface area contributed by atoms with Crippen LogP contribution in [-0.4, -0.2) is 52.1 Å². The summed E-state index contributed by atoms with van der Waals surface area (Å²) < 4.78 is 0. The van der Waals surface area contributed by atoms with Crippen molar-refractivity contribution in [1.82, 2.24) is 30.9 Å². The first-order chi connectivity index (χ1) is 18.5. The number of fused-ring (bicyclic) bond motifs is 2. The number of hydrogen-bond donors (Lipinski definition) is 4. The number of hydrazine groups is 1. The van der Waals surface area contributed by atoms with E-state index in [4.69, 9.17) is 23.8 Å². The number of carbonyl (C=O) groups is 1. The Morgan fingerprint density at radius 2 is 1.97 bits per heavy atom. The van der Waals surface area contributed by atoms with E-state index in [1.807, 2.05) is 18.5 Å². The third-order valence-corrected chi connectivity index (χ3v) is 7.90. The van der Waals surface area contributed by atoms with Crippen molar-refractivity contribution < 1.29 is 4.79 Å². The summed E-state index contributed by atoms with van der Waals surface area (Å²) in [5, 5.41) is 7.10. The number of aryl methyl sites for hydroxylation is 2. The van der Waals surface area contributed by atoms with Gasteiger partial charge in [-0.05, 0) is 86.7 Å². The zero-order valence-corrected chi connectivity index (χ0v) is 22.9. The highest BCUT2D eigenvalue weighted by Crippen LogP contribution is 2.32. The molecule has 0 saturated carbocycles. The Labute approximate surface area is 233 Å².